The Morgan fingerprint density at radius 2 is 1.96 bits per heavy atom. The zero-order valence-corrected chi connectivity index (χ0v) is 15.9. The first-order chi connectivity index (χ1) is 13.8. The van der Waals surface area contributed by atoms with E-state index in [0.717, 1.165) is 35.2 Å². The molecule has 2 aromatic carbocycles. The van der Waals surface area contributed by atoms with Crippen LogP contribution < -0.4 is 15.0 Å². The maximum atomic E-state index is 13.0. The van der Waals surface area contributed by atoms with Gasteiger partial charge in [-0.2, -0.15) is 0 Å². The molecule has 1 aromatic heterocycles. The molecule has 6 heteroatoms. The topological polar surface area (TPSA) is 63.7 Å². The molecule has 28 heavy (non-hydrogen) atoms. The SMILES string of the molecule is COc1ccc2ccccc2c1CNC(=O)c1cccnc1N1CCOCC1. The second kappa shape index (κ2) is 8.27. The van der Waals surface area contributed by atoms with Gasteiger partial charge in [0.1, 0.15) is 11.6 Å². The molecule has 0 saturated carbocycles. The van der Waals surface area contributed by atoms with Crippen molar-refractivity contribution in [1.82, 2.24) is 10.3 Å². The quantitative estimate of drug-likeness (QED) is 0.741. The number of pyridine rings is 1. The van der Waals surface area contributed by atoms with E-state index in [0.29, 0.717) is 31.1 Å². The van der Waals surface area contributed by atoms with Crippen LogP contribution in [0.25, 0.3) is 10.8 Å². The first kappa shape index (κ1) is 18.3. The number of methoxy groups -OCH3 is 1. The molecule has 1 amide bonds. The summed E-state index contributed by atoms with van der Waals surface area (Å²) in [6, 6.07) is 15.7. The number of rotatable bonds is 5. The Balaban J connectivity index is 1.58. The van der Waals surface area contributed by atoms with Gasteiger partial charge in [-0.1, -0.05) is 30.3 Å². The normalized spacial score (nSPS) is 14.1. The van der Waals surface area contributed by atoms with Gasteiger partial charge in [-0.25, -0.2) is 4.98 Å². The summed E-state index contributed by atoms with van der Waals surface area (Å²) >= 11 is 0. The molecule has 4 rings (SSSR count). The molecule has 1 aliphatic rings. The third-order valence-electron chi connectivity index (χ3n) is 4.99. The van der Waals surface area contributed by atoms with E-state index in [2.05, 4.69) is 21.3 Å². The van der Waals surface area contributed by atoms with Gasteiger partial charge in [-0.3, -0.25) is 4.79 Å². The Kier molecular flexibility index (Phi) is 5.39. The zero-order valence-electron chi connectivity index (χ0n) is 15.9. The smallest absolute Gasteiger partial charge is 0.255 e. The summed E-state index contributed by atoms with van der Waals surface area (Å²) in [6.07, 6.45) is 1.72. The van der Waals surface area contributed by atoms with Crippen LogP contribution in [-0.4, -0.2) is 44.3 Å². The Labute approximate surface area is 164 Å². The molecule has 1 saturated heterocycles. The van der Waals surface area contributed by atoms with Crippen LogP contribution in [0.1, 0.15) is 15.9 Å². The highest BCUT2D eigenvalue weighted by Gasteiger charge is 2.20. The van der Waals surface area contributed by atoms with E-state index in [-0.39, 0.29) is 5.91 Å². The summed E-state index contributed by atoms with van der Waals surface area (Å²) in [5.74, 6) is 1.32. The predicted octanol–water partition coefficient (Wildman–Crippen LogP) is 3.01. The second-order valence-electron chi connectivity index (χ2n) is 6.62. The average molecular weight is 377 g/mol. The zero-order chi connectivity index (χ0) is 19.3. The molecule has 2 heterocycles. The summed E-state index contributed by atoms with van der Waals surface area (Å²) in [5, 5.41) is 5.23. The Morgan fingerprint density at radius 1 is 1.14 bits per heavy atom. The highest BCUT2D eigenvalue weighted by atomic mass is 16.5. The Hall–Kier alpha value is -3.12. The number of benzene rings is 2. The molecule has 1 N–H and O–H groups in total. The van der Waals surface area contributed by atoms with E-state index in [4.69, 9.17) is 9.47 Å². The molecule has 3 aromatic rings. The van der Waals surface area contributed by atoms with Crippen molar-refractivity contribution >= 4 is 22.5 Å². The van der Waals surface area contributed by atoms with Crippen molar-refractivity contribution in [1.29, 1.82) is 0 Å². The molecular weight excluding hydrogens is 354 g/mol. The van der Waals surface area contributed by atoms with Gasteiger partial charge in [-0.15, -0.1) is 0 Å². The number of hydrogen-bond acceptors (Lipinski definition) is 5. The molecule has 1 aliphatic heterocycles. The van der Waals surface area contributed by atoms with Crippen LogP contribution in [0.4, 0.5) is 5.82 Å². The van der Waals surface area contributed by atoms with E-state index in [1.807, 2.05) is 36.4 Å². The van der Waals surface area contributed by atoms with E-state index >= 15 is 0 Å². The van der Waals surface area contributed by atoms with Crippen LogP contribution in [0.5, 0.6) is 5.75 Å². The van der Waals surface area contributed by atoms with E-state index in [1.165, 1.54) is 0 Å². The highest BCUT2D eigenvalue weighted by Crippen LogP contribution is 2.28. The standard InChI is InChI=1S/C22H23N3O3/c1-27-20-9-8-16-5-2-3-6-17(16)19(20)15-24-22(26)18-7-4-10-23-21(18)25-11-13-28-14-12-25/h2-10H,11-15H2,1H3,(H,24,26). The average Bonchev–Trinajstić information content (AvgIpc) is 2.77. The predicted molar refractivity (Wildman–Crippen MR) is 109 cm³/mol. The van der Waals surface area contributed by atoms with Gasteiger partial charge < -0.3 is 19.7 Å². The molecule has 0 spiro atoms. The van der Waals surface area contributed by atoms with Crippen LogP contribution in [-0.2, 0) is 11.3 Å². The monoisotopic (exact) mass is 377 g/mol. The fraction of sp³-hybridized carbons (Fsp3) is 0.273. The first-order valence-electron chi connectivity index (χ1n) is 9.38. The van der Waals surface area contributed by atoms with Gasteiger partial charge in [0, 0.05) is 31.4 Å². The summed E-state index contributed by atoms with van der Waals surface area (Å²) < 4.78 is 10.9. The van der Waals surface area contributed by atoms with Gasteiger partial charge >= 0.3 is 0 Å². The van der Waals surface area contributed by atoms with Crippen molar-refractivity contribution in [2.24, 2.45) is 0 Å². The minimum atomic E-state index is -0.149. The van der Waals surface area contributed by atoms with Crippen molar-refractivity contribution in [2.45, 2.75) is 6.54 Å². The Morgan fingerprint density at radius 3 is 2.79 bits per heavy atom. The number of anilines is 1. The van der Waals surface area contributed by atoms with Gasteiger partial charge in [0.2, 0.25) is 0 Å². The van der Waals surface area contributed by atoms with Gasteiger partial charge in [0.05, 0.1) is 25.9 Å². The number of fused-ring (bicyclic) bond motifs is 1. The number of morpholine rings is 1. The van der Waals surface area contributed by atoms with Crippen molar-refractivity contribution in [3.63, 3.8) is 0 Å². The lowest BCUT2D eigenvalue weighted by Gasteiger charge is -2.29. The molecule has 6 nitrogen and oxygen atoms in total. The lowest BCUT2D eigenvalue weighted by Crippen LogP contribution is -2.38. The van der Waals surface area contributed by atoms with E-state index in [1.54, 1.807) is 19.4 Å². The van der Waals surface area contributed by atoms with Gasteiger partial charge in [0.15, 0.2) is 0 Å². The number of nitrogens with zero attached hydrogens (tertiary/aromatic N) is 2. The molecule has 0 unspecified atom stereocenters. The van der Waals surface area contributed by atoms with Crippen molar-refractivity contribution in [2.75, 3.05) is 38.3 Å². The number of amides is 1. The second-order valence-corrected chi connectivity index (χ2v) is 6.62. The number of nitrogens with one attached hydrogen (secondary N) is 1. The van der Waals surface area contributed by atoms with Crippen molar-refractivity contribution in [3.05, 3.63) is 65.9 Å². The Bertz CT molecular complexity index is 984. The lowest BCUT2D eigenvalue weighted by atomic mass is 10.0. The van der Waals surface area contributed by atoms with Crippen LogP contribution >= 0.6 is 0 Å². The van der Waals surface area contributed by atoms with Crippen LogP contribution in [0, 0.1) is 0 Å². The van der Waals surface area contributed by atoms with E-state index in [9.17, 15) is 4.79 Å². The summed E-state index contributed by atoms with van der Waals surface area (Å²) in [5.41, 5.74) is 1.54. The lowest BCUT2D eigenvalue weighted by molar-refractivity contribution is 0.0949. The molecule has 0 aliphatic carbocycles. The number of carbonyl (C=O) groups excluding carboxylic acids is 1. The third-order valence-corrected chi connectivity index (χ3v) is 4.99. The molecule has 0 atom stereocenters. The number of ether oxygens (including phenoxy) is 2. The fourth-order valence-electron chi connectivity index (χ4n) is 3.55. The van der Waals surface area contributed by atoms with Crippen LogP contribution in [0.3, 0.4) is 0 Å². The fourth-order valence-corrected chi connectivity index (χ4v) is 3.55. The minimum absolute atomic E-state index is 0.149. The highest BCUT2D eigenvalue weighted by molar-refractivity contribution is 5.99. The summed E-state index contributed by atoms with van der Waals surface area (Å²) in [7, 11) is 1.65. The van der Waals surface area contributed by atoms with Crippen molar-refractivity contribution in [3.8, 4) is 5.75 Å². The third kappa shape index (κ3) is 3.64. The molecular formula is C22H23N3O3. The largest absolute Gasteiger partial charge is 0.496 e. The van der Waals surface area contributed by atoms with Crippen LogP contribution in [0.15, 0.2) is 54.7 Å². The first-order valence-corrected chi connectivity index (χ1v) is 9.38. The molecule has 144 valence electrons. The van der Waals surface area contributed by atoms with Gasteiger partial charge in [0.25, 0.3) is 5.91 Å². The molecule has 0 bridgehead atoms. The minimum Gasteiger partial charge on any atom is -0.496 e. The molecule has 1 fully saturated rings. The molecule has 0 radical (unpaired) electrons. The number of carbonyl (C=O) groups is 1. The van der Waals surface area contributed by atoms with Crippen molar-refractivity contribution < 1.29 is 14.3 Å². The summed E-state index contributed by atoms with van der Waals surface area (Å²) in [6.45, 7) is 3.12. The summed E-state index contributed by atoms with van der Waals surface area (Å²) in [4.78, 5) is 19.5. The van der Waals surface area contributed by atoms with E-state index < -0.39 is 0 Å². The number of hydrogen-bond donors (Lipinski definition) is 1. The maximum absolute atomic E-state index is 13.0. The van der Waals surface area contributed by atoms with Gasteiger partial charge in [-0.05, 0) is 29.0 Å². The van der Waals surface area contributed by atoms with Crippen LogP contribution in [0.2, 0.25) is 0 Å². The number of aromatic nitrogens is 1. The maximum Gasteiger partial charge on any atom is 0.255 e.